The number of rotatable bonds is 8. The molecule has 0 radical (unpaired) electrons. The van der Waals surface area contributed by atoms with Crippen LogP contribution in [-0.2, 0) is 25.2 Å². The molecular formula is C24H40N2O5Si. The van der Waals surface area contributed by atoms with E-state index in [0.717, 1.165) is 5.56 Å². The molecule has 1 saturated heterocycles. The summed E-state index contributed by atoms with van der Waals surface area (Å²) in [7, 11) is -0.662. The van der Waals surface area contributed by atoms with Gasteiger partial charge in [0.2, 0.25) is 0 Å². The van der Waals surface area contributed by atoms with Gasteiger partial charge in [-0.3, -0.25) is 4.79 Å². The van der Waals surface area contributed by atoms with Crippen LogP contribution in [0.25, 0.3) is 0 Å². The van der Waals surface area contributed by atoms with E-state index in [4.69, 9.17) is 13.9 Å². The molecule has 1 fully saturated rings. The molecule has 0 saturated carbocycles. The van der Waals surface area contributed by atoms with Crippen LogP contribution in [0, 0.1) is 0 Å². The summed E-state index contributed by atoms with van der Waals surface area (Å²) in [4.78, 5) is 27.0. The molecular weight excluding hydrogens is 424 g/mol. The summed E-state index contributed by atoms with van der Waals surface area (Å²) in [5, 5.41) is 2.82. The standard InChI is InChI=1S/C24H40N2O5Si/c1-23(2,3)30-22(28)25-15-18(31-32(8,9)24(4,5)6)19-20(29-7)21(27)26(19)16-17-13-11-10-12-14-17/h10-14,18-20H,15-16H2,1-9H3,(H,25,28)/t18-,19+,20-/m1/s1. The molecule has 1 aromatic carbocycles. The van der Waals surface area contributed by atoms with Gasteiger partial charge >= 0.3 is 6.09 Å². The Hall–Kier alpha value is -1.90. The highest BCUT2D eigenvalue weighted by atomic mass is 28.4. The Kier molecular flexibility index (Phi) is 8.18. The minimum atomic E-state index is -2.20. The molecule has 32 heavy (non-hydrogen) atoms. The fraction of sp³-hybridized carbons (Fsp3) is 0.667. The highest BCUT2D eigenvalue weighted by Gasteiger charge is 2.54. The van der Waals surface area contributed by atoms with Crippen LogP contribution in [0.3, 0.4) is 0 Å². The van der Waals surface area contributed by atoms with E-state index < -0.39 is 32.2 Å². The normalized spacial score (nSPS) is 20.5. The highest BCUT2D eigenvalue weighted by Crippen LogP contribution is 2.39. The Bertz CT molecular complexity index is 786. The number of likely N-dealkylation sites (tertiary alicyclic amines) is 1. The molecule has 180 valence electrons. The maximum Gasteiger partial charge on any atom is 0.407 e. The maximum absolute atomic E-state index is 12.8. The van der Waals surface area contributed by atoms with Crippen molar-refractivity contribution in [2.45, 2.75) is 90.1 Å². The van der Waals surface area contributed by atoms with E-state index in [1.165, 1.54) is 0 Å². The zero-order valence-electron chi connectivity index (χ0n) is 21.0. The average molecular weight is 465 g/mol. The predicted octanol–water partition coefficient (Wildman–Crippen LogP) is 4.33. The first-order chi connectivity index (χ1) is 14.7. The second kappa shape index (κ2) is 9.93. The lowest BCUT2D eigenvalue weighted by Crippen LogP contribution is -2.71. The molecule has 8 heteroatoms. The maximum atomic E-state index is 12.8. The van der Waals surface area contributed by atoms with Gasteiger partial charge < -0.3 is 24.1 Å². The minimum absolute atomic E-state index is 0.0300. The third-order valence-electron chi connectivity index (χ3n) is 6.13. The van der Waals surface area contributed by atoms with E-state index in [1.54, 1.807) is 12.0 Å². The Morgan fingerprint density at radius 2 is 1.72 bits per heavy atom. The lowest BCUT2D eigenvalue weighted by Gasteiger charge is -2.52. The zero-order valence-corrected chi connectivity index (χ0v) is 22.0. The smallest absolute Gasteiger partial charge is 0.407 e. The van der Waals surface area contributed by atoms with Crippen molar-refractivity contribution < 1.29 is 23.5 Å². The number of carbonyl (C=O) groups excluding carboxylic acids is 2. The molecule has 0 unspecified atom stereocenters. The Balaban J connectivity index is 2.27. The third kappa shape index (κ3) is 6.56. The molecule has 2 rings (SSSR count). The minimum Gasteiger partial charge on any atom is -0.444 e. The first-order valence-electron chi connectivity index (χ1n) is 11.2. The van der Waals surface area contributed by atoms with Gasteiger partial charge in [-0.2, -0.15) is 0 Å². The SMILES string of the molecule is CO[C@H]1C(=O)N(Cc2ccccc2)[C@H]1[C@@H](CNC(=O)OC(C)(C)C)O[Si](C)(C)C(C)(C)C. The monoisotopic (exact) mass is 464 g/mol. The summed E-state index contributed by atoms with van der Waals surface area (Å²) >= 11 is 0. The number of benzene rings is 1. The van der Waals surface area contributed by atoms with Crippen LogP contribution in [0.4, 0.5) is 4.79 Å². The van der Waals surface area contributed by atoms with Crippen LogP contribution in [0.1, 0.15) is 47.1 Å². The summed E-state index contributed by atoms with van der Waals surface area (Å²) < 4.78 is 17.7. The van der Waals surface area contributed by atoms with Crippen LogP contribution in [-0.4, -0.2) is 62.7 Å². The van der Waals surface area contributed by atoms with Crippen molar-refractivity contribution in [2.75, 3.05) is 13.7 Å². The molecule has 2 amide bonds. The number of hydrogen-bond donors (Lipinski definition) is 1. The summed E-state index contributed by atoms with van der Waals surface area (Å²) in [6.45, 7) is 17.0. The second-order valence-corrected chi connectivity index (χ2v) is 15.7. The van der Waals surface area contributed by atoms with Gasteiger partial charge in [0, 0.05) is 20.2 Å². The van der Waals surface area contributed by atoms with E-state index in [0.29, 0.717) is 6.54 Å². The van der Waals surface area contributed by atoms with Crippen molar-refractivity contribution in [3.8, 4) is 0 Å². The van der Waals surface area contributed by atoms with Crippen molar-refractivity contribution in [1.29, 1.82) is 0 Å². The van der Waals surface area contributed by atoms with Crippen molar-refractivity contribution in [2.24, 2.45) is 0 Å². The van der Waals surface area contributed by atoms with E-state index in [1.807, 2.05) is 51.1 Å². The topological polar surface area (TPSA) is 77.1 Å². The molecule has 1 aliphatic rings. The largest absolute Gasteiger partial charge is 0.444 e. The lowest BCUT2D eigenvalue weighted by atomic mass is 9.91. The summed E-state index contributed by atoms with van der Waals surface area (Å²) in [6.07, 6.45) is -1.53. The van der Waals surface area contributed by atoms with Gasteiger partial charge in [0.15, 0.2) is 14.4 Å². The van der Waals surface area contributed by atoms with Gasteiger partial charge in [0.25, 0.3) is 5.91 Å². The van der Waals surface area contributed by atoms with E-state index >= 15 is 0 Å². The number of alkyl carbamates (subject to hydrolysis) is 1. The number of carbonyl (C=O) groups is 2. The Labute approximate surface area is 193 Å². The number of ether oxygens (including phenoxy) is 2. The van der Waals surface area contributed by atoms with Crippen LogP contribution >= 0.6 is 0 Å². The fourth-order valence-electron chi connectivity index (χ4n) is 3.42. The van der Waals surface area contributed by atoms with Crippen LogP contribution < -0.4 is 5.32 Å². The van der Waals surface area contributed by atoms with Crippen molar-refractivity contribution in [3.63, 3.8) is 0 Å². The van der Waals surface area contributed by atoms with Gasteiger partial charge in [-0.1, -0.05) is 51.1 Å². The van der Waals surface area contributed by atoms with Gasteiger partial charge in [-0.15, -0.1) is 0 Å². The molecule has 3 atom stereocenters. The molecule has 1 aromatic rings. The number of methoxy groups -OCH3 is 1. The molecule has 7 nitrogen and oxygen atoms in total. The third-order valence-corrected chi connectivity index (χ3v) is 10.6. The highest BCUT2D eigenvalue weighted by molar-refractivity contribution is 6.74. The fourth-order valence-corrected chi connectivity index (χ4v) is 4.76. The van der Waals surface area contributed by atoms with E-state index in [9.17, 15) is 9.59 Å². The molecule has 0 aliphatic carbocycles. The first kappa shape index (κ1) is 26.4. The van der Waals surface area contributed by atoms with Gasteiger partial charge in [0.1, 0.15) is 5.60 Å². The van der Waals surface area contributed by atoms with E-state index in [2.05, 4.69) is 39.2 Å². The Morgan fingerprint density at radius 1 is 1.12 bits per heavy atom. The van der Waals surface area contributed by atoms with Gasteiger partial charge in [0.05, 0.1) is 12.1 Å². The van der Waals surface area contributed by atoms with E-state index in [-0.39, 0.29) is 23.5 Å². The van der Waals surface area contributed by atoms with Crippen molar-refractivity contribution in [3.05, 3.63) is 35.9 Å². The van der Waals surface area contributed by atoms with Gasteiger partial charge in [-0.25, -0.2) is 4.79 Å². The molecule has 0 bridgehead atoms. The number of β-lactam (4-membered cyclic amide) rings is 1. The lowest BCUT2D eigenvalue weighted by molar-refractivity contribution is -0.181. The Morgan fingerprint density at radius 3 is 2.22 bits per heavy atom. The molecule has 0 spiro atoms. The number of amides is 2. The quantitative estimate of drug-likeness (QED) is 0.458. The molecule has 1 N–H and O–H groups in total. The number of nitrogens with one attached hydrogen (secondary N) is 1. The van der Waals surface area contributed by atoms with Crippen molar-refractivity contribution in [1.82, 2.24) is 10.2 Å². The molecule has 1 heterocycles. The number of nitrogens with zero attached hydrogens (tertiary/aromatic N) is 1. The van der Waals surface area contributed by atoms with Crippen LogP contribution in [0.5, 0.6) is 0 Å². The van der Waals surface area contributed by atoms with Gasteiger partial charge in [-0.05, 0) is 44.5 Å². The van der Waals surface area contributed by atoms with Crippen LogP contribution in [0.2, 0.25) is 18.1 Å². The summed E-state index contributed by atoms with van der Waals surface area (Å²) in [6, 6.07) is 9.54. The molecule has 0 aromatic heterocycles. The average Bonchev–Trinajstić information content (AvgIpc) is 2.66. The van der Waals surface area contributed by atoms with Crippen molar-refractivity contribution >= 4 is 20.3 Å². The van der Waals surface area contributed by atoms with Crippen LogP contribution in [0.15, 0.2) is 30.3 Å². The number of hydrogen-bond acceptors (Lipinski definition) is 5. The zero-order chi connectivity index (χ0) is 24.3. The first-order valence-corrected chi connectivity index (χ1v) is 14.1. The second-order valence-electron chi connectivity index (χ2n) is 10.9. The summed E-state index contributed by atoms with van der Waals surface area (Å²) in [5.41, 5.74) is 0.437. The predicted molar refractivity (Wildman–Crippen MR) is 128 cm³/mol. The summed E-state index contributed by atoms with van der Waals surface area (Å²) in [5.74, 6) is -0.0672. The molecule has 1 aliphatic heterocycles.